The van der Waals surface area contributed by atoms with Crippen LogP contribution in [0.15, 0.2) is 66.0 Å². The minimum absolute atomic E-state index is 0.261. The summed E-state index contributed by atoms with van der Waals surface area (Å²) in [5.74, 6) is -0.966. The molecule has 178 valence electrons. The molecule has 0 spiro atoms. The minimum atomic E-state index is -3.84. The molecule has 1 unspecified atom stereocenters. The number of benzene rings is 2. The fourth-order valence-electron chi connectivity index (χ4n) is 4.93. The fraction of sp³-hybridized carbons (Fsp3) is 0.346. The number of hydrogen-bond donors (Lipinski definition) is 1. The third-order valence-electron chi connectivity index (χ3n) is 6.58. The van der Waals surface area contributed by atoms with Gasteiger partial charge in [0.15, 0.2) is 0 Å². The van der Waals surface area contributed by atoms with Crippen molar-refractivity contribution in [2.75, 3.05) is 35.0 Å². The maximum Gasteiger partial charge on any atom is 0.241 e. The molecule has 1 aromatic heterocycles. The number of rotatable bonds is 6. The van der Waals surface area contributed by atoms with Crippen LogP contribution in [-0.2, 0) is 21.2 Å². The maximum absolute atomic E-state index is 13.3. The van der Waals surface area contributed by atoms with Crippen LogP contribution in [0.2, 0.25) is 0 Å². The highest BCUT2D eigenvalue weighted by Crippen LogP contribution is 2.37. The lowest BCUT2D eigenvalue weighted by atomic mass is 9.93. The summed E-state index contributed by atoms with van der Waals surface area (Å²) in [5.41, 5.74) is 3.67. The summed E-state index contributed by atoms with van der Waals surface area (Å²) >= 11 is 1.69. The summed E-state index contributed by atoms with van der Waals surface area (Å²) in [6.45, 7) is 2.57. The molecule has 34 heavy (non-hydrogen) atoms. The van der Waals surface area contributed by atoms with E-state index in [-0.39, 0.29) is 11.9 Å². The lowest BCUT2D eigenvalue weighted by molar-refractivity contribution is -0.130. The van der Waals surface area contributed by atoms with Gasteiger partial charge in [-0.15, -0.1) is 11.3 Å². The Bertz CT molecular complexity index is 1230. The molecule has 1 atom stereocenters. The van der Waals surface area contributed by atoms with Crippen LogP contribution in [0.25, 0.3) is 0 Å². The number of carbonyl (C=O) groups excluding carboxylic acids is 1. The van der Waals surface area contributed by atoms with E-state index in [4.69, 9.17) is 0 Å². The topological polar surface area (TPSA) is 69.7 Å². The second-order valence-corrected chi connectivity index (χ2v) is 11.6. The van der Waals surface area contributed by atoms with E-state index in [9.17, 15) is 13.2 Å². The molecule has 5 rings (SSSR count). The van der Waals surface area contributed by atoms with Crippen molar-refractivity contribution in [3.63, 3.8) is 0 Å². The molecule has 0 aliphatic carbocycles. The Morgan fingerprint density at radius 1 is 0.941 bits per heavy atom. The Morgan fingerprint density at radius 2 is 1.68 bits per heavy atom. The Hall–Kier alpha value is -2.84. The predicted molar refractivity (Wildman–Crippen MR) is 138 cm³/mol. The van der Waals surface area contributed by atoms with Crippen LogP contribution in [0.1, 0.15) is 41.3 Å². The van der Waals surface area contributed by atoms with Gasteiger partial charge in [-0.3, -0.25) is 9.52 Å². The molecular weight excluding hydrogens is 466 g/mol. The lowest BCUT2D eigenvalue weighted by Gasteiger charge is -2.36. The number of carbonyl (C=O) groups is 1. The first-order chi connectivity index (χ1) is 16.5. The average Bonchev–Trinajstić information content (AvgIpc) is 3.33. The van der Waals surface area contributed by atoms with Gasteiger partial charge in [0.05, 0.1) is 6.04 Å². The molecule has 1 fully saturated rings. The molecule has 0 saturated carbocycles. The number of amides is 1. The highest BCUT2D eigenvalue weighted by molar-refractivity contribution is 7.93. The van der Waals surface area contributed by atoms with Crippen molar-refractivity contribution >= 4 is 38.6 Å². The van der Waals surface area contributed by atoms with Crippen LogP contribution in [0.3, 0.4) is 0 Å². The van der Waals surface area contributed by atoms with Crippen LogP contribution in [0.4, 0.5) is 11.4 Å². The Labute approximate surface area is 205 Å². The quantitative estimate of drug-likeness (QED) is 0.540. The normalized spacial score (nSPS) is 18.4. The van der Waals surface area contributed by atoms with Gasteiger partial charge in [0.2, 0.25) is 15.9 Å². The molecule has 1 N–H and O–H groups in total. The number of fused-ring (bicyclic) bond motifs is 1. The first-order valence-electron chi connectivity index (χ1n) is 11.8. The lowest BCUT2D eigenvalue weighted by Crippen LogP contribution is -2.43. The van der Waals surface area contributed by atoms with Crippen LogP contribution in [-0.4, -0.2) is 44.6 Å². The Morgan fingerprint density at radius 3 is 2.41 bits per heavy atom. The zero-order valence-electron chi connectivity index (χ0n) is 19.0. The van der Waals surface area contributed by atoms with E-state index in [1.807, 2.05) is 53.9 Å². The molecule has 6 nitrogen and oxygen atoms in total. The van der Waals surface area contributed by atoms with E-state index in [1.165, 1.54) is 24.1 Å². The maximum atomic E-state index is 13.3. The van der Waals surface area contributed by atoms with E-state index < -0.39 is 15.8 Å². The zero-order valence-corrected chi connectivity index (χ0v) is 20.7. The van der Waals surface area contributed by atoms with E-state index in [2.05, 4.69) is 9.62 Å². The van der Waals surface area contributed by atoms with Crippen molar-refractivity contribution in [3.8, 4) is 0 Å². The highest BCUT2D eigenvalue weighted by Gasteiger charge is 2.34. The average molecular weight is 496 g/mol. The summed E-state index contributed by atoms with van der Waals surface area (Å²) in [4.78, 5) is 18.6. The van der Waals surface area contributed by atoms with Gasteiger partial charge in [0.25, 0.3) is 0 Å². The number of piperidine rings is 1. The Balaban J connectivity index is 1.30. The van der Waals surface area contributed by atoms with Crippen molar-refractivity contribution in [3.05, 3.63) is 82.0 Å². The summed E-state index contributed by atoms with van der Waals surface area (Å²) in [7, 11) is -3.84. The van der Waals surface area contributed by atoms with Crippen LogP contribution in [0.5, 0.6) is 0 Å². The fourth-order valence-corrected chi connectivity index (χ4v) is 6.90. The number of thiophene rings is 1. The van der Waals surface area contributed by atoms with Gasteiger partial charge in [-0.2, -0.15) is 0 Å². The molecule has 2 aliphatic heterocycles. The number of nitrogens with zero attached hydrogens (tertiary/aromatic N) is 2. The summed E-state index contributed by atoms with van der Waals surface area (Å²) in [6, 6.07) is 19.1. The van der Waals surface area contributed by atoms with Gasteiger partial charge in [0.1, 0.15) is 5.75 Å². The third-order valence-corrected chi connectivity index (χ3v) is 8.75. The number of nitrogens with one attached hydrogen (secondary N) is 1. The number of anilines is 2. The van der Waals surface area contributed by atoms with Crippen LogP contribution >= 0.6 is 11.3 Å². The van der Waals surface area contributed by atoms with Crippen molar-refractivity contribution in [2.24, 2.45) is 0 Å². The smallest absolute Gasteiger partial charge is 0.241 e. The molecule has 2 aromatic carbocycles. The molecule has 0 bridgehead atoms. The third kappa shape index (κ3) is 4.98. The monoisotopic (exact) mass is 495 g/mol. The van der Waals surface area contributed by atoms with E-state index >= 15 is 0 Å². The molecule has 0 radical (unpaired) electrons. The molecule has 3 heterocycles. The summed E-state index contributed by atoms with van der Waals surface area (Å²) in [5, 5.41) is 2.04. The molecule has 1 amide bonds. The van der Waals surface area contributed by atoms with Gasteiger partial charge in [-0.1, -0.05) is 30.3 Å². The van der Waals surface area contributed by atoms with Gasteiger partial charge in [-0.05, 0) is 72.5 Å². The summed E-state index contributed by atoms with van der Waals surface area (Å²) in [6.07, 6.45) is 4.37. The SMILES string of the molecule is O=C(CS(=O)(=O)Nc1ccc(N2CCCCC2)cc1)N1CCc2sccc2C1c1ccccc1. The van der Waals surface area contributed by atoms with E-state index in [1.54, 1.807) is 28.4 Å². The first kappa shape index (κ1) is 22.9. The molecule has 2 aliphatic rings. The first-order valence-corrected chi connectivity index (χ1v) is 14.3. The van der Waals surface area contributed by atoms with Gasteiger partial charge < -0.3 is 9.80 Å². The van der Waals surface area contributed by atoms with Gasteiger partial charge in [0, 0.05) is 35.9 Å². The molecule has 3 aromatic rings. The van der Waals surface area contributed by atoms with Gasteiger partial charge >= 0.3 is 0 Å². The zero-order chi connectivity index (χ0) is 23.5. The predicted octanol–water partition coefficient (Wildman–Crippen LogP) is 4.65. The highest BCUT2D eigenvalue weighted by atomic mass is 32.2. The van der Waals surface area contributed by atoms with Gasteiger partial charge in [-0.25, -0.2) is 8.42 Å². The van der Waals surface area contributed by atoms with E-state index in [0.29, 0.717) is 12.2 Å². The van der Waals surface area contributed by atoms with Crippen molar-refractivity contribution in [2.45, 2.75) is 31.7 Å². The van der Waals surface area contributed by atoms with Crippen molar-refractivity contribution in [1.29, 1.82) is 0 Å². The summed E-state index contributed by atoms with van der Waals surface area (Å²) < 4.78 is 28.4. The molecule has 1 saturated heterocycles. The largest absolute Gasteiger partial charge is 0.372 e. The van der Waals surface area contributed by atoms with Crippen molar-refractivity contribution < 1.29 is 13.2 Å². The number of sulfonamides is 1. The second kappa shape index (κ2) is 9.80. The Kier molecular flexibility index (Phi) is 6.61. The van der Waals surface area contributed by atoms with Crippen LogP contribution < -0.4 is 9.62 Å². The standard InChI is InChI=1S/C26H29N3O3S2/c30-25(29-17-13-24-23(14-18-33-24)26(29)20-7-3-1-4-8-20)19-34(31,32)27-21-9-11-22(12-10-21)28-15-5-2-6-16-28/h1,3-4,7-12,14,18,26-27H,2,5-6,13,15-17,19H2. The van der Waals surface area contributed by atoms with E-state index in [0.717, 1.165) is 36.3 Å². The minimum Gasteiger partial charge on any atom is -0.372 e. The second-order valence-electron chi connectivity index (χ2n) is 8.91. The molecular formula is C26H29N3O3S2. The van der Waals surface area contributed by atoms with Crippen molar-refractivity contribution in [1.82, 2.24) is 4.90 Å². The molecule has 8 heteroatoms. The van der Waals surface area contributed by atoms with Crippen LogP contribution in [0, 0.1) is 0 Å². The number of hydrogen-bond acceptors (Lipinski definition) is 5.